The summed E-state index contributed by atoms with van der Waals surface area (Å²) in [6.45, 7) is 2.43. The lowest BCUT2D eigenvalue weighted by molar-refractivity contribution is 0.116. The van der Waals surface area contributed by atoms with Gasteiger partial charge in [0.05, 0.1) is 15.9 Å². The van der Waals surface area contributed by atoms with Crippen molar-refractivity contribution in [2.75, 3.05) is 25.5 Å². The summed E-state index contributed by atoms with van der Waals surface area (Å²) in [6.07, 6.45) is 3.72. The third-order valence-corrected chi connectivity index (χ3v) is 6.59. The lowest BCUT2D eigenvalue weighted by Gasteiger charge is -2.29. The highest BCUT2D eigenvalue weighted by atomic mass is 35.5. The molecule has 1 saturated heterocycles. The lowest BCUT2D eigenvalue weighted by atomic mass is 10.1. The quantitative estimate of drug-likeness (QED) is 0.298. The minimum absolute atomic E-state index is 0.176. The molecule has 0 amide bonds. The standard InChI is InChI=1S/C27H26Cl2N4O2/c1-33-12-10-21(11-13-33)35-25-7-3-6-23-26(25)27(31-17-30-23)32-20-8-9-24(22(29)15-20)34-16-18-4-2-5-19(28)14-18/h2-9,14-15,17,21H,10-13,16H2,1H3,(H,30,31,32). The highest BCUT2D eigenvalue weighted by Gasteiger charge is 2.20. The molecule has 35 heavy (non-hydrogen) atoms. The summed E-state index contributed by atoms with van der Waals surface area (Å²) in [6, 6.07) is 19.0. The molecule has 1 N–H and O–H groups in total. The first kappa shape index (κ1) is 23.7. The van der Waals surface area contributed by atoms with Crippen LogP contribution in [-0.4, -0.2) is 41.1 Å². The van der Waals surface area contributed by atoms with Crippen LogP contribution in [0.4, 0.5) is 11.5 Å². The number of anilines is 2. The summed E-state index contributed by atoms with van der Waals surface area (Å²) < 4.78 is 12.3. The van der Waals surface area contributed by atoms with Crippen LogP contribution in [0.25, 0.3) is 10.9 Å². The van der Waals surface area contributed by atoms with Crippen LogP contribution in [0.3, 0.4) is 0 Å². The van der Waals surface area contributed by atoms with Crippen LogP contribution < -0.4 is 14.8 Å². The normalized spacial score (nSPS) is 14.7. The lowest BCUT2D eigenvalue weighted by Crippen LogP contribution is -2.35. The van der Waals surface area contributed by atoms with Gasteiger partial charge in [0.2, 0.25) is 0 Å². The van der Waals surface area contributed by atoms with Gasteiger partial charge in [0, 0.05) is 23.8 Å². The third-order valence-electron chi connectivity index (χ3n) is 6.06. The van der Waals surface area contributed by atoms with Gasteiger partial charge in [-0.05, 0) is 67.9 Å². The van der Waals surface area contributed by atoms with Crippen molar-refractivity contribution in [3.05, 3.63) is 82.6 Å². The Balaban J connectivity index is 1.34. The zero-order valence-electron chi connectivity index (χ0n) is 19.4. The SMILES string of the molecule is CN1CCC(Oc2cccc3ncnc(Nc4ccc(OCc5cccc(Cl)c5)c(Cl)c4)c23)CC1. The zero-order valence-corrected chi connectivity index (χ0v) is 20.9. The van der Waals surface area contributed by atoms with Crippen LogP contribution in [-0.2, 0) is 6.61 Å². The Morgan fingerprint density at radius 1 is 0.971 bits per heavy atom. The van der Waals surface area contributed by atoms with Gasteiger partial charge in [-0.1, -0.05) is 41.4 Å². The average Bonchev–Trinajstić information content (AvgIpc) is 2.85. The molecule has 6 nitrogen and oxygen atoms in total. The molecule has 0 spiro atoms. The van der Waals surface area contributed by atoms with Crippen LogP contribution in [0.1, 0.15) is 18.4 Å². The van der Waals surface area contributed by atoms with Crippen molar-refractivity contribution in [3.8, 4) is 11.5 Å². The van der Waals surface area contributed by atoms with E-state index in [2.05, 4.69) is 27.2 Å². The van der Waals surface area contributed by atoms with E-state index >= 15 is 0 Å². The third kappa shape index (κ3) is 5.78. The van der Waals surface area contributed by atoms with Crippen molar-refractivity contribution in [2.24, 2.45) is 0 Å². The first-order valence-electron chi connectivity index (χ1n) is 11.6. The molecule has 0 aliphatic carbocycles. The van der Waals surface area contributed by atoms with Gasteiger partial charge in [-0.2, -0.15) is 0 Å². The second-order valence-corrected chi connectivity index (χ2v) is 9.53. The molecule has 0 bridgehead atoms. The fourth-order valence-electron chi connectivity index (χ4n) is 4.17. The van der Waals surface area contributed by atoms with Gasteiger partial charge in [-0.25, -0.2) is 9.97 Å². The van der Waals surface area contributed by atoms with Gasteiger partial charge in [0.1, 0.15) is 36.4 Å². The second-order valence-electron chi connectivity index (χ2n) is 8.68. The van der Waals surface area contributed by atoms with Gasteiger partial charge in [0.15, 0.2) is 0 Å². The maximum atomic E-state index is 6.53. The van der Waals surface area contributed by atoms with Crippen LogP contribution in [0.2, 0.25) is 10.0 Å². The van der Waals surface area contributed by atoms with Crippen molar-refractivity contribution < 1.29 is 9.47 Å². The number of rotatable bonds is 7. The Labute approximate surface area is 214 Å². The molecule has 1 aliphatic rings. The smallest absolute Gasteiger partial charge is 0.145 e. The Bertz CT molecular complexity index is 1320. The molecule has 180 valence electrons. The summed E-state index contributed by atoms with van der Waals surface area (Å²) in [5, 5.41) is 5.41. The molecule has 1 aliphatic heterocycles. The predicted molar refractivity (Wildman–Crippen MR) is 141 cm³/mol. The van der Waals surface area contributed by atoms with Crippen molar-refractivity contribution in [2.45, 2.75) is 25.6 Å². The van der Waals surface area contributed by atoms with E-state index < -0.39 is 0 Å². The molecule has 0 unspecified atom stereocenters. The molecule has 5 rings (SSSR count). The average molecular weight is 509 g/mol. The minimum atomic E-state index is 0.176. The molecule has 0 saturated carbocycles. The Morgan fingerprint density at radius 2 is 1.80 bits per heavy atom. The topological polar surface area (TPSA) is 59.5 Å². The van der Waals surface area contributed by atoms with Gasteiger partial charge >= 0.3 is 0 Å². The zero-order chi connectivity index (χ0) is 24.2. The number of aromatic nitrogens is 2. The van der Waals surface area contributed by atoms with E-state index in [0.29, 0.717) is 28.2 Å². The number of fused-ring (bicyclic) bond motifs is 1. The van der Waals surface area contributed by atoms with Crippen LogP contribution in [0.5, 0.6) is 11.5 Å². The molecular formula is C27H26Cl2N4O2. The van der Waals surface area contributed by atoms with Crippen molar-refractivity contribution in [1.29, 1.82) is 0 Å². The molecule has 1 fully saturated rings. The molecule has 3 aromatic carbocycles. The molecule has 2 heterocycles. The Kier molecular flexibility index (Phi) is 7.23. The first-order valence-corrected chi connectivity index (χ1v) is 12.3. The van der Waals surface area contributed by atoms with E-state index in [-0.39, 0.29) is 6.10 Å². The number of ether oxygens (including phenoxy) is 2. The molecule has 0 atom stereocenters. The molecule has 4 aromatic rings. The number of hydrogen-bond donors (Lipinski definition) is 1. The monoisotopic (exact) mass is 508 g/mol. The van der Waals surface area contributed by atoms with E-state index in [0.717, 1.165) is 53.8 Å². The summed E-state index contributed by atoms with van der Waals surface area (Å²) >= 11 is 12.6. The minimum Gasteiger partial charge on any atom is -0.489 e. The van der Waals surface area contributed by atoms with Gasteiger partial charge in [-0.15, -0.1) is 0 Å². The molecule has 1 aromatic heterocycles. The number of likely N-dealkylation sites (tertiary alicyclic amines) is 1. The maximum Gasteiger partial charge on any atom is 0.145 e. The molecule has 0 radical (unpaired) electrons. The van der Waals surface area contributed by atoms with Crippen LogP contribution in [0, 0.1) is 0 Å². The van der Waals surface area contributed by atoms with E-state index in [4.69, 9.17) is 32.7 Å². The highest BCUT2D eigenvalue weighted by molar-refractivity contribution is 6.32. The number of hydrogen-bond acceptors (Lipinski definition) is 6. The van der Waals surface area contributed by atoms with Gasteiger partial charge < -0.3 is 19.7 Å². The van der Waals surface area contributed by atoms with E-state index in [1.54, 1.807) is 6.33 Å². The van der Waals surface area contributed by atoms with E-state index in [1.165, 1.54) is 0 Å². The van der Waals surface area contributed by atoms with E-state index in [9.17, 15) is 0 Å². The number of nitrogens with zero attached hydrogens (tertiary/aromatic N) is 3. The second kappa shape index (κ2) is 10.7. The van der Waals surface area contributed by atoms with Gasteiger partial charge in [0.25, 0.3) is 0 Å². The fourth-order valence-corrected chi connectivity index (χ4v) is 4.62. The summed E-state index contributed by atoms with van der Waals surface area (Å²) in [5.74, 6) is 2.05. The largest absolute Gasteiger partial charge is 0.489 e. The van der Waals surface area contributed by atoms with Crippen molar-refractivity contribution in [3.63, 3.8) is 0 Å². The van der Waals surface area contributed by atoms with Crippen LogP contribution in [0.15, 0.2) is 67.0 Å². The maximum absolute atomic E-state index is 6.53. The predicted octanol–water partition coefficient (Wildman–Crippen LogP) is 6.73. The fraction of sp³-hybridized carbons (Fsp3) is 0.259. The summed E-state index contributed by atoms with van der Waals surface area (Å²) in [5.41, 5.74) is 2.58. The number of nitrogens with one attached hydrogen (secondary N) is 1. The number of halogens is 2. The summed E-state index contributed by atoms with van der Waals surface area (Å²) in [4.78, 5) is 11.3. The Hall–Kier alpha value is -3.06. The Morgan fingerprint density at radius 3 is 2.60 bits per heavy atom. The van der Waals surface area contributed by atoms with E-state index in [1.807, 2.05) is 60.7 Å². The van der Waals surface area contributed by atoms with Gasteiger partial charge in [-0.3, -0.25) is 0 Å². The highest BCUT2D eigenvalue weighted by Crippen LogP contribution is 2.35. The van der Waals surface area contributed by atoms with Crippen molar-refractivity contribution >= 4 is 45.6 Å². The first-order chi connectivity index (χ1) is 17.0. The number of benzene rings is 3. The molecular weight excluding hydrogens is 483 g/mol. The summed E-state index contributed by atoms with van der Waals surface area (Å²) in [7, 11) is 2.14. The van der Waals surface area contributed by atoms with Crippen LogP contribution >= 0.6 is 23.2 Å². The molecule has 8 heteroatoms. The van der Waals surface area contributed by atoms with Crippen molar-refractivity contribution in [1.82, 2.24) is 14.9 Å². The number of piperidine rings is 1.